The minimum Gasteiger partial charge on any atom is -0.504 e. The van der Waals surface area contributed by atoms with Crippen molar-refractivity contribution in [1.29, 1.82) is 0 Å². The molecule has 0 fully saturated rings. The van der Waals surface area contributed by atoms with E-state index in [0.717, 1.165) is 35.4 Å². The third-order valence-corrected chi connectivity index (χ3v) is 6.57. The van der Waals surface area contributed by atoms with Gasteiger partial charge in [0.2, 0.25) is 11.5 Å². The van der Waals surface area contributed by atoms with Crippen LogP contribution in [0.2, 0.25) is 0 Å². The number of carbonyl (C=O) groups excluding carboxylic acids is 3. The van der Waals surface area contributed by atoms with Gasteiger partial charge in [-0.15, -0.1) is 0 Å². The molecule has 0 atom stereocenters. The van der Waals surface area contributed by atoms with Gasteiger partial charge in [-0.1, -0.05) is 60.7 Å². The summed E-state index contributed by atoms with van der Waals surface area (Å²) in [6, 6.07) is 21.1. The molecule has 0 aliphatic heterocycles. The number of rotatable bonds is 13. The Bertz CT molecular complexity index is 1590. The van der Waals surface area contributed by atoms with Crippen LogP contribution in [0, 0.1) is 0 Å². The molecule has 0 aliphatic rings. The minimum absolute atomic E-state index is 0.0495. The topological polar surface area (TPSA) is 190 Å². The molecule has 0 aromatic heterocycles. The van der Waals surface area contributed by atoms with Crippen LogP contribution in [0.5, 0.6) is 34.5 Å². The third-order valence-electron chi connectivity index (χ3n) is 6.57. The Morgan fingerprint density at radius 3 is 1.35 bits per heavy atom. The molecule has 4 aromatic rings. The van der Waals surface area contributed by atoms with Crippen LogP contribution in [-0.2, 0) is 27.4 Å². The van der Waals surface area contributed by atoms with Crippen molar-refractivity contribution in [2.45, 2.75) is 45.6 Å². The SMILES string of the molecule is CC(C)(C)OC(=O)NC(COC(=O)c1cc(O)c(OCc2ccccc2)c(O)c1)COC(=O)c1cc(O)c(OCc2ccccc2)c(O)c1. The summed E-state index contributed by atoms with van der Waals surface area (Å²) in [5.41, 5.74) is 0.243. The fraction of sp³-hybridized carbons (Fsp3) is 0.250. The molecule has 0 unspecified atom stereocenters. The molecule has 258 valence electrons. The van der Waals surface area contributed by atoms with Crippen molar-refractivity contribution < 1.29 is 58.5 Å². The van der Waals surface area contributed by atoms with E-state index in [0.29, 0.717) is 0 Å². The first kappa shape index (κ1) is 35.7. The standard InChI is InChI=1S/C36H37NO12/c1-36(2,3)49-35(44)37-26(20-47-33(42)24-14-27(38)31(28(39)15-24)45-18-22-10-6-4-7-11-22)21-48-34(43)25-16-29(40)32(30(41)17-25)46-19-23-12-8-5-9-13-23/h4-17,26,38-41H,18-21H2,1-3H3,(H,37,44). The fourth-order valence-electron chi connectivity index (χ4n) is 4.31. The average molecular weight is 676 g/mol. The molecular weight excluding hydrogens is 638 g/mol. The van der Waals surface area contributed by atoms with E-state index in [9.17, 15) is 34.8 Å². The maximum absolute atomic E-state index is 12.9. The lowest BCUT2D eigenvalue weighted by atomic mass is 10.1. The summed E-state index contributed by atoms with van der Waals surface area (Å²) in [7, 11) is 0. The Kier molecular flexibility index (Phi) is 11.8. The van der Waals surface area contributed by atoms with E-state index in [1.165, 1.54) is 0 Å². The molecule has 13 nitrogen and oxygen atoms in total. The zero-order valence-electron chi connectivity index (χ0n) is 27.0. The second-order valence-electron chi connectivity index (χ2n) is 11.8. The Hall–Kier alpha value is -6.11. The maximum atomic E-state index is 12.9. The van der Waals surface area contributed by atoms with Crippen molar-refractivity contribution in [3.8, 4) is 34.5 Å². The first-order valence-corrected chi connectivity index (χ1v) is 15.1. The minimum atomic E-state index is -1.13. The van der Waals surface area contributed by atoms with Crippen LogP contribution in [0.15, 0.2) is 84.9 Å². The molecule has 0 saturated carbocycles. The van der Waals surface area contributed by atoms with Crippen LogP contribution in [0.3, 0.4) is 0 Å². The highest BCUT2D eigenvalue weighted by atomic mass is 16.6. The first-order valence-electron chi connectivity index (χ1n) is 15.1. The van der Waals surface area contributed by atoms with Gasteiger partial charge < -0.3 is 49.4 Å². The lowest BCUT2D eigenvalue weighted by molar-refractivity contribution is 0.0229. The summed E-state index contributed by atoms with van der Waals surface area (Å²) >= 11 is 0. The van der Waals surface area contributed by atoms with Gasteiger partial charge in [0, 0.05) is 0 Å². The zero-order chi connectivity index (χ0) is 35.6. The van der Waals surface area contributed by atoms with Crippen LogP contribution in [0.4, 0.5) is 4.79 Å². The molecule has 49 heavy (non-hydrogen) atoms. The number of ether oxygens (including phenoxy) is 5. The summed E-state index contributed by atoms with van der Waals surface area (Å²) in [5, 5.41) is 44.2. The molecule has 0 radical (unpaired) electrons. The van der Waals surface area contributed by atoms with E-state index >= 15 is 0 Å². The van der Waals surface area contributed by atoms with E-state index in [4.69, 9.17) is 23.7 Å². The normalized spacial score (nSPS) is 11.0. The quantitative estimate of drug-likeness (QED) is 0.0876. The predicted octanol–water partition coefficient (Wildman–Crippen LogP) is 5.57. The molecule has 5 N–H and O–H groups in total. The van der Waals surface area contributed by atoms with Crippen LogP contribution >= 0.6 is 0 Å². The van der Waals surface area contributed by atoms with Crippen LogP contribution < -0.4 is 14.8 Å². The van der Waals surface area contributed by atoms with Crippen LogP contribution in [0.25, 0.3) is 0 Å². The summed E-state index contributed by atoms with van der Waals surface area (Å²) in [5.74, 6) is -4.47. The monoisotopic (exact) mass is 675 g/mol. The number of phenolic OH excluding ortho intramolecular Hbond substituents is 4. The van der Waals surface area contributed by atoms with Crippen molar-refractivity contribution in [3.05, 3.63) is 107 Å². The molecule has 0 aliphatic carbocycles. The van der Waals surface area contributed by atoms with Crippen molar-refractivity contribution in [2.24, 2.45) is 0 Å². The van der Waals surface area contributed by atoms with Gasteiger partial charge in [-0.25, -0.2) is 14.4 Å². The first-order chi connectivity index (χ1) is 23.3. The second-order valence-corrected chi connectivity index (χ2v) is 11.8. The Labute approximate surface area is 282 Å². The van der Waals surface area contributed by atoms with Gasteiger partial charge in [0.15, 0.2) is 23.0 Å². The summed E-state index contributed by atoms with van der Waals surface area (Å²) in [4.78, 5) is 38.2. The van der Waals surface area contributed by atoms with Crippen molar-refractivity contribution in [2.75, 3.05) is 13.2 Å². The van der Waals surface area contributed by atoms with Gasteiger partial charge in [-0.3, -0.25) is 0 Å². The fourth-order valence-corrected chi connectivity index (χ4v) is 4.31. The van der Waals surface area contributed by atoms with Crippen LogP contribution in [-0.4, -0.2) is 63.3 Å². The molecular formula is C36H37NO12. The Balaban J connectivity index is 1.40. The van der Waals surface area contributed by atoms with Gasteiger partial charge in [-0.05, 0) is 56.2 Å². The number of amides is 1. The van der Waals surface area contributed by atoms with E-state index < -0.39 is 65.9 Å². The molecule has 4 aromatic carbocycles. The third kappa shape index (κ3) is 10.7. The lowest BCUT2D eigenvalue weighted by Gasteiger charge is -2.23. The van der Waals surface area contributed by atoms with Gasteiger partial charge >= 0.3 is 18.0 Å². The highest BCUT2D eigenvalue weighted by molar-refractivity contribution is 5.92. The average Bonchev–Trinajstić information content (AvgIpc) is 3.04. The van der Waals surface area contributed by atoms with E-state index in [-0.39, 0.29) is 35.8 Å². The summed E-state index contributed by atoms with van der Waals surface area (Å²) in [6.07, 6.45) is -0.894. The van der Waals surface area contributed by atoms with Gasteiger partial charge in [-0.2, -0.15) is 0 Å². The van der Waals surface area contributed by atoms with Crippen molar-refractivity contribution >= 4 is 18.0 Å². The smallest absolute Gasteiger partial charge is 0.408 e. The number of aromatic hydroxyl groups is 4. The van der Waals surface area contributed by atoms with Gasteiger partial charge in [0.05, 0.1) is 11.1 Å². The number of phenols is 4. The molecule has 0 spiro atoms. The number of nitrogens with one attached hydrogen (secondary N) is 1. The molecule has 1 amide bonds. The molecule has 4 rings (SSSR count). The highest BCUT2D eigenvalue weighted by Gasteiger charge is 2.24. The van der Waals surface area contributed by atoms with Crippen LogP contribution in [0.1, 0.15) is 52.6 Å². The lowest BCUT2D eigenvalue weighted by Crippen LogP contribution is -2.44. The largest absolute Gasteiger partial charge is 0.504 e. The number of hydrogen-bond donors (Lipinski definition) is 5. The molecule has 13 heteroatoms. The maximum Gasteiger partial charge on any atom is 0.408 e. The number of benzene rings is 4. The van der Waals surface area contributed by atoms with Gasteiger partial charge in [0.25, 0.3) is 0 Å². The zero-order valence-corrected chi connectivity index (χ0v) is 27.0. The number of carbonyl (C=O) groups is 3. The van der Waals surface area contributed by atoms with E-state index in [2.05, 4.69) is 5.32 Å². The van der Waals surface area contributed by atoms with Crippen molar-refractivity contribution in [3.63, 3.8) is 0 Å². The number of esters is 2. The molecule has 0 bridgehead atoms. The molecule has 0 heterocycles. The number of alkyl carbamates (subject to hydrolysis) is 1. The van der Waals surface area contributed by atoms with E-state index in [1.807, 2.05) is 12.1 Å². The second kappa shape index (κ2) is 16.1. The summed E-state index contributed by atoms with van der Waals surface area (Å²) < 4.78 is 26.9. The Morgan fingerprint density at radius 2 is 1.00 bits per heavy atom. The number of hydrogen-bond acceptors (Lipinski definition) is 12. The predicted molar refractivity (Wildman–Crippen MR) is 175 cm³/mol. The van der Waals surface area contributed by atoms with E-state index in [1.54, 1.807) is 69.3 Å². The highest BCUT2D eigenvalue weighted by Crippen LogP contribution is 2.39. The molecule has 0 saturated heterocycles. The van der Waals surface area contributed by atoms with Crippen molar-refractivity contribution in [1.82, 2.24) is 5.32 Å². The Morgan fingerprint density at radius 1 is 0.633 bits per heavy atom. The summed E-state index contributed by atoms with van der Waals surface area (Å²) in [6.45, 7) is 3.96. The van der Waals surface area contributed by atoms with Gasteiger partial charge in [0.1, 0.15) is 38.1 Å².